The molecule has 0 unspecified atom stereocenters. The van der Waals surface area contributed by atoms with E-state index in [2.05, 4.69) is 25.9 Å². The molecular formula is C13H14ClFN2. The SMILES string of the molecule is CC(C)(C)c1ccn(-c2ccc(F)c(Cl)c2)n1. The molecule has 0 fully saturated rings. The zero-order valence-corrected chi connectivity index (χ0v) is 10.8. The van der Waals surface area contributed by atoms with Crippen molar-refractivity contribution < 1.29 is 4.39 Å². The second kappa shape index (κ2) is 4.15. The van der Waals surface area contributed by atoms with Crippen molar-refractivity contribution in [2.75, 3.05) is 0 Å². The van der Waals surface area contributed by atoms with Crippen LogP contribution in [0.15, 0.2) is 30.5 Å². The van der Waals surface area contributed by atoms with Gasteiger partial charge in [-0.05, 0) is 24.3 Å². The maximum atomic E-state index is 13.0. The number of rotatable bonds is 1. The van der Waals surface area contributed by atoms with E-state index in [0.717, 1.165) is 11.4 Å². The Bertz CT molecular complexity index is 541. The number of hydrogen-bond donors (Lipinski definition) is 0. The number of nitrogens with zero attached hydrogens (tertiary/aromatic N) is 2. The molecule has 0 amide bonds. The van der Waals surface area contributed by atoms with Crippen molar-refractivity contribution in [1.29, 1.82) is 0 Å². The van der Waals surface area contributed by atoms with Crippen molar-refractivity contribution in [2.24, 2.45) is 0 Å². The van der Waals surface area contributed by atoms with Gasteiger partial charge in [-0.25, -0.2) is 9.07 Å². The smallest absolute Gasteiger partial charge is 0.141 e. The summed E-state index contributed by atoms with van der Waals surface area (Å²) in [5.41, 5.74) is 1.74. The van der Waals surface area contributed by atoms with E-state index in [1.54, 1.807) is 16.8 Å². The van der Waals surface area contributed by atoms with Crippen molar-refractivity contribution in [3.05, 3.63) is 47.0 Å². The quantitative estimate of drug-likeness (QED) is 0.751. The molecule has 0 N–H and O–H groups in total. The molecule has 0 saturated heterocycles. The number of benzene rings is 1. The minimum atomic E-state index is -0.418. The van der Waals surface area contributed by atoms with Crippen molar-refractivity contribution in [2.45, 2.75) is 26.2 Å². The van der Waals surface area contributed by atoms with Crippen LogP contribution in [0.4, 0.5) is 4.39 Å². The third-order valence-corrected chi connectivity index (χ3v) is 2.81. The Hall–Kier alpha value is -1.35. The molecule has 0 aliphatic carbocycles. The average Bonchev–Trinajstić information content (AvgIpc) is 2.70. The van der Waals surface area contributed by atoms with Gasteiger partial charge >= 0.3 is 0 Å². The Morgan fingerprint density at radius 1 is 1.24 bits per heavy atom. The van der Waals surface area contributed by atoms with Crippen molar-refractivity contribution in [3.63, 3.8) is 0 Å². The fraction of sp³-hybridized carbons (Fsp3) is 0.308. The summed E-state index contributed by atoms with van der Waals surface area (Å²) in [6.07, 6.45) is 1.85. The Morgan fingerprint density at radius 3 is 2.47 bits per heavy atom. The maximum Gasteiger partial charge on any atom is 0.141 e. The Morgan fingerprint density at radius 2 is 1.94 bits per heavy atom. The predicted molar refractivity (Wildman–Crippen MR) is 67.2 cm³/mol. The molecular weight excluding hydrogens is 239 g/mol. The van der Waals surface area contributed by atoms with E-state index in [1.165, 1.54) is 6.07 Å². The zero-order valence-electron chi connectivity index (χ0n) is 10.0. The van der Waals surface area contributed by atoms with E-state index in [0.29, 0.717) is 0 Å². The first-order chi connectivity index (χ1) is 7.88. The molecule has 1 heterocycles. The standard InChI is InChI=1S/C13H14ClFN2/c1-13(2,3)12-6-7-17(16-12)9-4-5-11(15)10(14)8-9/h4-8H,1-3H3. The number of hydrogen-bond acceptors (Lipinski definition) is 1. The van der Waals surface area contributed by atoms with Gasteiger partial charge in [-0.1, -0.05) is 32.4 Å². The van der Waals surface area contributed by atoms with Gasteiger partial charge in [0.1, 0.15) is 5.82 Å². The largest absolute Gasteiger partial charge is 0.241 e. The van der Waals surface area contributed by atoms with Crippen LogP contribution in [0.3, 0.4) is 0 Å². The first-order valence-electron chi connectivity index (χ1n) is 5.39. The Kier molecular flexibility index (Phi) is 2.96. The maximum absolute atomic E-state index is 13.0. The number of aromatic nitrogens is 2. The summed E-state index contributed by atoms with van der Waals surface area (Å²) in [6, 6.07) is 6.52. The minimum Gasteiger partial charge on any atom is -0.241 e. The molecule has 4 heteroatoms. The molecule has 0 spiro atoms. The van der Waals surface area contributed by atoms with Crippen LogP contribution in [-0.4, -0.2) is 9.78 Å². The zero-order chi connectivity index (χ0) is 12.6. The molecule has 1 aromatic heterocycles. The van der Waals surface area contributed by atoms with Crippen LogP contribution in [0.2, 0.25) is 5.02 Å². The molecule has 2 nitrogen and oxygen atoms in total. The highest BCUT2D eigenvalue weighted by Crippen LogP contribution is 2.22. The van der Waals surface area contributed by atoms with Gasteiger partial charge in [0.15, 0.2) is 0 Å². The van der Waals surface area contributed by atoms with Gasteiger partial charge in [0.05, 0.1) is 16.4 Å². The average molecular weight is 253 g/mol. The number of halogens is 2. The van der Waals surface area contributed by atoms with Crippen LogP contribution in [0.25, 0.3) is 5.69 Å². The summed E-state index contributed by atoms with van der Waals surface area (Å²) in [6.45, 7) is 6.28. The van der Waals surface area contributed by atoms with Gasteiger partial charge in [0, 0.05) is 11.6 Å². The Labute approximate surface area is 105 Å². The molecule has 0 atom stereocenters. The highest BCUT2D eigenvalue weighted by molar-refractivity contribution is 6.30. The molecule has 0 saturated carbocycles. The summed E-state index contributed by atoms with van der Waals surface area (Å²) < 4.78 is 14.7. The lowest BCUT2D eigenvalue weighted by Crippen LogP contribution is -2.12. The first kappa shape index (κ1) is 12.1. The van der Waals surface area contributed by atoms with Crippen molar-refractivity contribution >= 4 is 11.6 Å². The van der Waals surface area contributed by atoms with E-state index in [-0.39, 0.29) is 10.4 Å². The summed E-state index contributed by atoms with van der Waals surface area (Å²) in [5, 5.41) is 4.56. The lowest BCUT2D eigenvalue weighted by atomic mass is 9.93. The van der Waals surface area contributed by atoms with Gasteiger partial charge in [0.2, 0.25) is 0 Å². The molecule has 2 rings (SSSR count). The van der Waals surface area contributed by atoms with Gasteiger partial charge < -0.3 is 0 Å². The van der Waals surface area contributed by atoms with Crippen LogP contribution in [0, 0.1) is 5.82 Å². The normalized spacial score (nSPS) is 11.8. The molecule has 90 valence electrons. The second-order valence-electron chi connectivity index (χ2n) is 4.99. The van der Waals surface area contributed by atoms with Crippen LogP contribution in [0.1, 0.15) is 26.5 Å². The molecule has 17 heavy (non-hydrogen) atoms. The highest BCUT2D eigenvalue weighted by atomic mass is 35.5. The van der Waals surface area contributed by atoms with Gasteiger partial charge in [-0.15, -0.1) is 0 Å². The summed E-state index contributed by atoms with van der Waals surface area (Å²) in [5.74, 6) is -0.418. The van der Waals surface area contributed by atoms with E-state index in [1.807, 2.05) is 12.3 Å². The molecule has 0 aliphatic rings. The third-order valence-electron chi connectivity index (χ3n) is 2.53. The lowest BCUT2D eigenvalue weighted by Gasteiger charge is -2.14. The second-order valence-corrected chi connectivity index (χ2v) is 5.40. The molecule has 0 bridgehead atoms. The van der Waals surface area contributed by atoms with E-state index in [9.17, 15) is 4.39 Å². The van der Waals surface area contributed by atoms with Crippen molar-refractivity contribution in [3.8, 4) is 5.69 Å². The highest BCUT2D eigenvalue weighted by Gasteiger charge is 2.17. The summed E-state index contributed by atoms with van der Waals surface area (Å²) >= 11 is 5.74. The molecule has 2 aromatic rings. The lowest BCUT2D eigenvalue weighted by molar-refractivity contribution is 0.560. The topological polar surface area (TPSA) is 17.8 Å². The fourth-order valence-electron chi connectivity index (χ4n) is 1.50. The van der Waals surface area contributed by atoms with E-state index < -0.39 is 5.82 Å². The Balaban J connectivity index is 2.40. The van der Waals surface area contributed by atoms with Gasteiger partial charge in [-0.2, -0.15) is 5.10 Å². The molecule has 1 aromatic carbocycles. The third kappa shape index (κ3) is 2.50. The summed E-state index contributed by atoms with van der Waals surface area (Å²) in [7, 11) is 0. The van der Waals surface area contributed by atoms with Crippen LogP contribution < -0.4 is 0 Å². The van der Waals surface area contributed by atoms with Gasteiger partial charge in [-0.3, -0.25) is 0 Å². The van der Waals surface area contributed by atoms with Crippen LogP contribution in [-0.2, 0) is 5.41 Å². The van der Waals surface area contributed by atoms with Crippen LogP contribution >= 0.6 is 11.6 Å². The first-order valence-corrected chi connectivity index (χ1v) is 5.77. The molecule has 0 aliphatic heterocycles. The van der Waals surface area contributed by atoms with Crippen LogP contribution in [0.5, 0.6) is 0 Å². The predicted octanol–water partition coefficient (Wildman–Crippen LogP) is 3.96. The molecule has 0 radical (unpaired) electrons. The van der Waals surface area contributed by atoms with E-state index in [4.69, 9.17) is 11.6 Å². The van der Waals surface area contributed by atoms with Crippen molar-refractivity contribution in [1.82, 2.24) is 9.78 Å². The monoisotopic (exact) mass is 252 g/mol. The van der Waals surface area contributed by atoms with E-state index >= 15 is 0 Å². The van der Waals surface area contributed by atoms with Gasteiger partial charge in [0.25, 0.3) is 0 Å². The minimum absolute atomic E-state index is 0.00489. The fourth-order valence-corrected chi connectivity index (χ4v) is 1.67. The summed E-state index contributed by atoms with van der Waals surface area (Å²) in [4.78, 5) is 0.